The Labute approximate surface area is 137 Å². The second kappa shape index (κ2) is 7.87. The zero-order chi connectivity index (χ0) is 14.7. The number of carbonyl (C=O) groups is 1. The van der Waals surface area contributed by atoms with Crippen LogP contribution in [0.2, 0.25) is 5.02 Å². The first-order valence-electron chi connectivity index (χ1n) is 6.89. The van der Waals surface area contributed by atoms with Gasteiger partial charge in [0, 0.05) is 24.7 Å². The Hall–Kier alpha value is -0.970. The van der Waals surface area contributed by atoms with Crippen LogP contribution < -0.4 is 15.4 Å². The summed E-state index contributed by atoms with van der Waals surface area (Å²) in [6.07, 6.45) is 3.73. The molecule has 1 aliphatic carbocycles. The van der Waals surface area contributed by atoms with E-state index in [2.05, 4.69) is 0 Å². The maximum Gasteiger partial charge on any atom is 0.229 e. The Morgan fingerprint density at radius 2 is 2.14 bits per heavy atom. The van der Waals surface area contributed by atoms with Crippen molar-refractivity contribution < 1.29 is 9.53 Å². The topological polar surface area (TPSA) is 55.6 Å². The fraction of sp³-hybridized carbons (Fsp3) is 0.533. The summed E-state index contributed by atoms with van der Waals surface area (Å²) in [6, 6.07) is 5.51. The molecule has 2 rings (SSSR count). The molecule has 0 saturated heterocycles. The van der Waals surface area contributed by atoms with Gasteiger partial charge < -0.3 is 15.4 Å². The van der Waals surface area contributed by atoms with Crippen LogP contribution in [0, 0.1) is 5.92 Å². The van der Waals surface area contributed by atoms with Gasteiger partial charge in [-0.2, -0.15) is 0 Å². The van der Waals surface area contributed by atoms with Crippen LogP contribution in [0.25, 0.3) is 0 Å². The number of amides is 1. The van der Waals surface area contributed by atoms with Gasteiger partial charge in [-0.1, -0.05) is 18.0 Å². The van der Waals surface area contributed by atoms with E-state index >= 15 is 0 Å². The second-order valence-corrected chi connectivity index (χ2v) is 5.75. The number of hydrogen-bond donors (Lipinski definition) is 1. The third-order valence-corrected chi connectivity index (χ3v) is 4.21. The normalized spacial score (nSPS) is 21.3. The van der Waals surface area contributed by atoms with Gasteiger partial charge in [0.25, 0.3) is 0 Å². The van der Waals surface area contributed by atoms with E-state index in [-0.39, 0.29) is 30.3 Å². The SMILES string of the molecule is COc1ccc(N(C)C(=O)C2CCCC(N)C2)cc1Cl.Cl. The Bertz CT molecular complexity index is 497. The second-order valence-electron chi connectivity index (χ2n) is 5.34. The molecule has 2 unspecified atom stereocenters. The third kappa shape index (κ3) is 4.25. The molecule has 1 aromatic rings. The molecule has 6 heteroatoms. The zero-order valence-electron chi connectivity index (χ0n) is 12.3. The number of anilines is 1. The van der Waals surface area contributed by atoms with Crippen LogP contribution in [0.1, 0.15) is 25.7 Å². The molecule has 2 N–H and O–H groups in total. The number of hydrogen-bond acceptors (Lipinski definition) is 3. The van der Waals surface area contributed by atoms with Gasteiger partial charge in [0.1, 0.15) is 5.75 Å². The van der Waals surface area contributed by atoms with Crippen molar-refractivity contribution in [1.29, 1.82) is 0 Å². The fourth-order valence-electron chi connectivity index (χ4n) is 2.72. The minimum Gasteiger partial charge on any atom is -0.495 e. The smallest absolute Gasteiger partial charge is 0.229 e. The highest BCUT2D eigenvalue weighted by Gasteiger charge is 2.28. The quantitative estimate of drug-likeness (QED) is 0.924. The molecule has 0 radical (unpaired) electrons. The highest BCUT2D eigenvalue weighted by molar-refractivity contribution is 6.32. The number of methoxy groups -OCH3 is 1. The monoisotopic (exact) mass is 332 g/mol. The molecule has 118 valence electrons. The van der Waals surface area contributed by atoms with Gasteiger partial charge in [-0.3, -0.25) is 4.79 Å². The molecule has 2 atom stereocenters. The number of rotatable bonds is 3. The molecule has 0 aliphatic heterocycles. The van der Waals surface area contributed by atoms with Crippen LogP contribution in [-0.2, 0) is 4.79 Å². The lowest BCUT2D eigenvalue weighted by Crippen LogP contribution is -2.38. The van der Waals surface area contributed by atoms with Gasteiger partial charge in [0.15, 0.2) is 0 Å². The summed E-state index contributed by atoms with van der Waals surface area (Å²) in [5.74, 6) is 0.738. The summed E-state index contributed by atoms with van der Waals surface area (Å²) >= 11 is 6.10. The fourth-order valence-corrected chi connectivity index (χ4v) is 2.97. The standard InChI is InChI=1S/C15H21ClN2O2.ClH/c1-18(12-6-7-14(20-2)13(16)9-12)15(19)10-4-3-5-11(17)8-10;/h6-7,9-11H,3-5,8,17H2,1-2H3;1H. The molecule has 1 amide bonds. The molecular formula is C15H22Cl2N2O2. The number of carbonyl (C=O) groups excluding carboxylic acids is 1. The summed E-state index contributed by atoms with van der Waals surface area (Å²) in [6.45, 7) is 0. The summed E-state index contributed by atoms with van der Waals surface area (Å²) in [5.41, 5.74) is 6.73. The van der Waals surface area contributed by atoms with E-state index in [1.807, 2.05) is 6.07 Å². The van der Waals surface area contributed by atoms with Crippen molar-refractivity contribution in [1.82, 2.24) is 0 Å². The van der Waals surface area contributed by atoms with E-state index in [4.69, 9.17) is 22.1 Å². The molecule has 0 heterocycles. The van der Waals surface area contributed by atoms with Crippen molar-refractivity contribution in [2.24, 2.45) is 11.7 Å². The van der Waals surface area contributed by atoms with Crippen molar-refractivity contribution >= 4 is 35.6 Å². The van der Waals surface area contributed by atoms with Gasteiger partial charge >= 0.3 is 0 Å². The predicted octanol–water partition coefficient (Wildman–Crippen LogP) is 3.25. The van der Waals surface area contributed by atoms with E-state index in [0.717, 1.165) is 31.4 Å². The first-order valence-corrected chi connectivity index (χ1v) is 7.27. The zero-order valence-corrected chi connectivity index (χ0v) is 13.9. The Morgan fingerprint density at radius 1 is 1.43 bits per heavy atom. The van der Waals surface area contributed by atoms with Crippen molar-refractivity contribution in [2.45, 2.75) is 31.7 Å². The molecule has 0 aromatic heterocycles. The number of halogens is 2. The van der Waals surface area contributed by atoms with Crippen LogP contribution in [0.3, 0.4) is 0 Å². The first-order chi connectivity index (χ1) is 9.52. The predicted molar refractivity (Wildman–Crippen MR) is 88.6 cm³/mol. The van der Waals surface area contributed by atoms with Crippen molar-refractivity contribution in [3.63, 3.8) is 0 Å². The van der Waals surface area contributed by atoms with Crippen molar-refractivity contribution in [2.75, 3.05) is 19.1 Å². The highest BCUT2D eigenvalue weighted by Crippen LogP contribution is 2.31. The summed E-state index contributed by atoms with van der Waals surface area (Å²) < 4.78 is 5.12. The molecule has 0 spiro atoms. The number of benzene rings is 1. The minimum absolute atomic E-state index is 0. The van der Waals surface area contributed by atoms with Gasteiger partial charge in [-0.05, 0) is 37.5 Å². The van der Waals surface area contributed by atoms with Crippen LogP contribution >= 0.6 is 24.0 Å². The van der Waals surface area contributed by atoms with E-state index in [0.29, 0.717) is 10.8 Å². The molecule has 1 fully saturated rings. The maximum atomic E-state index is 12.5. The number of nitrogens with zero attached hydrogens (tertiary/aromatic N) is 1. The summed E-state index contributed by atoms with van der Waals surface area (Å²) in [7, 11) is 3.35. The molecule has 4 nitrogen and oxygen atoms in total. The summed E-state index contributed by atoms with van der Waals surface area (Å²) in [5, 5.41) is 0.505. The van der Waals surface area contributed by atoms with E-state index in [1.54, 1.807) is 31.2 Å². The lowest BCUT2D eigenvalue weighted by molar-refractivity contribution is -0.123. The van der Waals surface area contributed by atoms with Gasteiger partial charge in [-0.15, -0.1) is 12.4 Å². The van der Waals surface area contributed by atoms with Crippen LogP contribution in [0.4, 0.5) is 5.69 Å². The number of nitrogens with two attached hydrogens (primary N) is 1. The van der Waals surface area contributed by atoms with Crippen molar-refractivity contribution in [3.8, 4) is 5.75 Å². The maximum absolute atomic E-state index is 12.5. The third-order valence-electron chi connectivity index (χ3n) is 3.92. The molecule has 1 aliphatic rings. The average molecular weight is 333 g/mol. The lowest BCUT2D eigenvalue weighted by atomic mass is 9.85. The Kier molecular flexibility index (Phi) is 6.78. The van der Waals surface area contributed by atoms with E-state index in [1.165, 1.54) is 0 Å². The average Bonchev–Trinajstić information content (AvgIpc) is 2.45. The van der Waals surface area contributed by atoms with Crippen LogP contribution in [0.15, 0.2) is 18.2 Å². The Balaban J connectivity index is 0.00000220. The van der Waals surface area contributed by atoms with Crippen LogP contribution in [0.5, 0.6) is 5.75 Å². The highest BCUT2D eigenvalue weighted by atomic mass is 35.5. The lowest BCUT2D eigenvalue weighted by Gasteiger charge is -2.29. The van der Waals surface area contributed by atoms with Crippen LogP contribution in [-0.4, -0.2) is 26.1 Å². The summed E-state index contributed by atoms with van der Waals surface area (Å²) in [4.78, 5) is 14.2. The van der Waals surface area contributed by atoms with Gasteiger partial charge in [-0.25, -0.2) is 0 Å². The van der Waals surface area contributed by atoms with E-state index < -0.39 is 0 Å². The molecule has 1 aromatic carbocycles. The van der Waals surface area contributed by atoms with Gasteiger partial charge in [0.2, 0.25) is 5.91 Å². The minimum atomic E-state index is 0. The van der Waals surface area contributed by atoms with E-state index in [9.17, 15) is 4.79 Å². The molecule has 21 heavy (non-hydrogen) atoms. The molecular weight excluding hydrogens is 311 g/mol. The Morgan fingerprint density at radius 3 is 2.71 bits per heavy atom. The first kappa shape index (κ1) is 18.1. The number of ether oxygens (including phenoxy) is 1. The molecule has 0 bridgehead atoms. The molecule has 1 saturated carbocycles. The largest absolute Gasteiger partial charge is 0.495 e. The van der Waals surface area contributed by atoms with Gasteiger partial charge in [0.05, 0.1) is 12.1 Å². The van der Waals surface area contributed by atoms with Crippen molar-refractivity contribution in [3.05, 3.63) is 23.2 Å².